The van der Waals surface area contributed by atoms with Gasteiger partial charge in [0.1, 0.15) is 17.6 Å². The number of ketones is 1. The number of fused-ring (bicyclic) bond motifs is 1. The van der Waals surface area contributed by atoms with Gasteiger partial charge in [-0.25, -0.2) is 0 Å². The summed E-state index contributed by atoms with van der Waals surface area (Å²) in [6.07, 6.45) is 6.78. The van der Waals surface area contributed by atoms with Crippen molar-refractivity contribution < 1.29 is 19.1 Å². The molecule has 0 saturated heterocycles. The van der Waals surface area contributed by atoms with E-state index in [0.29, 0.717) is 19.3 Å². The van der Waals surface area contributed by atoms with Crippen molar-refractivity contribution >= 4 is 17.3 Å². The zero-order valence-electron chi connectivity index (χ0n) is 15.3. The molecule has 2 aliphatic carbocycles. The van der Waals surface area contributed by atoms with Crippen molar-refractivity contribution in [2.24, 2.45) is 5.41 Å². The Labute approximate surface area is 149 Å². The van der Waals surface area contributed by atoms with E-state index < -0.39 is 5.41 Å². The first-order valence-corrected chi connectivity index (χ1v) is 9.01. The third-order valence-corrected chi connectivity index (χ3v) is 5.61. The van der Waals surface area contributed by atoms with Crippen molar-refractivity contribution in [1.29, 1.82) is 0 Å². The number of carbonyl (C=O) groups is 2. The summed E-state index contributed by atoms with van der Waals surface area (Å²) in [6, 6.07) is 6.20. The Morgan fingerprint density at radius 1 is 1.32 bits per heavy atom. The number of allylic oxidation sites excluding steroid dienone is 2. The minimum atomic E-state index is -0.608. The van der Waals surface area contributed by atoms with Gasteiger partial charge in [-0.15, -0.1) is 0 Å². The zero-order valence-corrected chi connectivity index (χ0v) is 15.3. The number of methoxy groups -OCH3 is 1. The molecule has 0 amide bonds. The highest BCUT2D eigenvalue weighted by molar-refractivity contribution is 5.88. The van der Waals surface area contributed by atoms with Crippen molar-refractivity contribution in [2.75, 3.05) is 7.11 Å². The second-order valence-electron chi connectivity index (χ2n) is 7.29. The summed E-state index contributed by atoms with van der Waals surface area (Å²) in [5.74, 6) is 0.767. The zero-order chi connectivity index (χ0) is 18.0. The normalized spacial score (nSPS) is 27.2. The van der Waals surface area contributed by atoms with E-state index in [0.717, 1.165) is 25.0 Å². The fraction of sp³-hybridized carbons (Fsp3) is 0.524. The van der Waals surface area contributed by atoms with Crippen LogP contribution in [-0.2, 0) is 20.7 Å². The minimum absolute atomic E-state index is 0.196. The van der Waals surface area contributed by atoms with E-state index >= 15 is 0 Å². The fourth-order valence-corrected chi connectivity index (χ4v) is 4.05. The van der Waals surface area contributed by atoms with Gasteiger partial charge < -0.3 is 9.47 Å². The largest absolute Gasteiger partial charge is 0.497 e. The predicted octanol–water partition coefficient (Wildman–Crippen LogP) is 4.11. The molecule has 1 fully saturated rings. The first-order chi connectivity index (χ1) is 11.9. The van der Waals surface area contributed by atoms with Gasteiger partial charge in [-0.1, -0.05) is 12.1 Å². The van der Waals surface area contributed by atoms with Crippen LogP contribution in [0.4, 0.5) is 0 Å². The maximum absolute atomic E-state index is 12.5. The van der Waals surface area contributed by atoms with Crippen LogP contribution in [0.3, 0.4) is 0 Å². The lowest BCUT2D eigenvalue weighted by Gasteiger charge is -2.29. The molecular formula is C21H26O4. The molecule has 0 aliphatic heterocycles. The molecule has 4 nitrogen and oxygen atoms in total. The number of benzene rings is 1. The van der Waals surface area contributed by atoms with Gasteiger partial charge in [-0.2, -0.15) is 0 Å². The van der Waals surface area contributed by atoms with E-state index in [2.05, 4.69) is 18.2 Å². The molecular weight excluding hydrogens is 316 g/mol. The average Bonchev–Trinajstić information content (AvgIpc) is 2.87. The Kier molecular flexibility index (Phi) is 4.98. The average molecular weight is 342 g/mol. The van der Waals surface area contributed by atoms with Crippen molar-refractivity contribution in [3.63, 3.8) is 0 Å². The Hall–Kier alpha value is -2.10. The molecule has 1 aromatic rings. The van der Waals surface area contributed by atoms with Crippen molar-refractivity contribution in [3.8, 4) is 5.75 Å². The van der Waals surface area contributed by atoms with Crippen LogP contribution in [0.15, 0.2) is 24.3 Å². The number of hydrogen-bond acceptors (Lipinski definition) is 4. The van der Waals surface area contributed by atoms with Crippen LogP contribution >= 0.6 is 0 Å². The van der Waals surface area contributed by atoms with E-state index in [1.165, 1.54) is 23.6 Å². The van der Waals surface area contributed by atoms with E-state index in [-0.39, 0.29) is 17.9 Å². The number of carbonyl (C=O) groups excluding carboxylic acids is 2. The molecule has 2 atom stereocenters. The molecule has 0 radical (unpaired) electrons. The Balaban J connectivity index is 1.84. The SMILES string of the molecule is COc1ccc2c(c1)CCCC2=CC[C@@]1(C)C(=O)CC[C@H]1OC(C)=O. The van der Waals surface area contributed by atoms with Gasteiger partial charge in [-0.3, -0.25) is 9.59 Å². The van der Waals surface area contributed by atoms with Crippen LogP contribution in [0, 0.1) is 5.41 Å². The van der Waals surface area contributed by atoms with Gasteiger partial charge >= 0.3 is 5.97 Å². The van der Waals surface area contributed by atoms with Crippen molar-refractivity contribution in [1.82, 2.24) is 0 Å². The lowest BCUT2D eigenvalue weighted by Crippen LogP contribution is -2.35. The molecule has 25 heavy (non-hydrogen) atoms. The monoisotopic (exact) mass is 342 g/mol. The molecule has 0 aromatic heterocycles. The summed E-state index contributed by atoms with van der Waals surface area (Å²) in [5.41, 5.74) is 3.23. The highest BCUT2D eigenvalue weighted by Crippen LogP contribution is 2.42. The second-order valence-corrected chi connectivity index (χ2v) is 7.29. The third-order valence-electron chi connectivity index (χ3n) is 5.61. The fourth-order valence-electron chi connectivity index (χ4n) is 4.05. The predicted molar refractivity (Wildman–Crippen MR) is 96.4 cm³/mol. The molecule has 0 bridgehead atoms. The molecule has 0 heterocycles. The van der Waals surface area contributed by atoms with Gasteiger partial charge in [0.05, 0.1) is 12.5 Å². The molecule has 3 rings (SSSR count). The minimum Gasteiger partial charge on any atom is -0.497 e. The van der Waals surface area contributed by atoms with Crippen LogP contribution < -0.4 is 4.74 Å². The highest BCUT2D eigenvalue weighted by atomic mass is 16.5. The maximum atomic E-state index is 12.5. The van der Waals surface area contributed by atoms with E-state index in [9.17, 15) is 9.59 Å². The van der Waals surface area contributed by atoms with E-state index in [4.69, 9.17) is 9.47 Å². The Morgan fingerprint density at radius 2 is 2.12 bits per heavy atom. The quantitative estimate of drug-likeness (QED) is 0.773. The molecule has 0 spiro atoms. The van der Waals surface area contributed by atoms with Gasteiger partial charge in [0.25, 0.3) is 0 Å². The molecule has 134 valence electrons. The second kappa shape index (κ2) is 7.03. The van der Waals surface area contributed by atoms with Crippen LogP contribution in [0.25, 0.3) is 5.57 Å². The van der Waals surface area contributed by atoms with Crippen LogP contribution in [-0.4, -0.2) is 25.0 Å². The summed E-state index contributed by atoms with van der Waals surface area (Å²) in [5, 5.41) is 0. The van der Waals surface area contributed by atoms with Gasteiger partial charge in [-0.05, 0) is 67.9 Å². The number of rotatable bonds is 4. The number of aryl methyl sites for hydroxylation is 1. The van der Waals surface area contributed by atoms with Gasteiger partial charge in [0.2, 0.25) is 0 Å². The summed E-state index contributed by atoms with van der Waals surface area (Å²) in [7, 11) is 1.68. The smallest absolute Gasteiger partial charge is 0.302 e. The Morgan fingerprint density at radius 3 is 2.84 bits per heavy atom. The topological polar surface area (TPSA) is 52.6 Å². The Bertz CT molecular complexity index is 719. The number of Topliss-reactive ketones (excluding diaryl/α,β-unsaturated/α-hetero) is 1. The van der Waals surface area contributed by atoms with Gasteiger partial charge in [0.15, 0.2) is 0 Å². The summed E-state index contributed by atoms with van der Waals surface area (Å²) in [4.78, 5) is 23.8. The van der Waals surface area contributed by atoms with E-state index in [1.54, 1.807) is 7.11 Å². The molecule has 1 aromatic carbocycles. The lowest BCUT2D eigenvalue weighted by molar-refractivity contribution is -0.152. The number of esters is 1. The molecule has 0 N–H and O–H groups in total. The molecule has 1 saturated carbocycles. The van der Waals surface area contributed by atoms with Gasteiger partial charge in [0, 0.05) is 13.3 Å². The number of hydrogen-bond donors (Lipinski definition) is 0. The summed E-state index contributed by atoms with van der Waals surface area (Å²) >= 11 is 0. The molecule has 0 unspecified atom stereocenters. The van der Waals surface area contributed by atoms with E-state index in [1.807, 2.05) is 13.0 Å². The summed E-state index contributed by atoms with van der Waals surface area (Å²) in [6.45, 7) is 3.34. The lowest BCUT2D eigenvalue weighted by atomic mass is 9.79. The standard InChI is InChI=1S/C21H26O4/c1-14(22)25-20-10-9-19(23)21(20,2)12-11-15-5-4-6-16-13-17(24-3)7-8-18(15)16/h7-8,11,13,20H,4-6,9-10,12H2,1-3H3/t20-,21+/m1/s1. The summed E-state index contributed by atoms with van der Waals surface area (Å²) < 4.78 is 10.8. The molecule has 4 heteroatoms. The number of ether oxygens (including phenoxy) is 2. The van der Waals surface area contributed by atoms with Crippen molar-refractivity contribution in [2.45, 2.75) is 58.5 Å². The first kappa shape index (κ1) is 17.7. The van der Waals surface area contributed by atoms with Crippen LogP contribution in [0.2, 0.25) is 0 Å². The first-order valence-electron chi connectivity index (χ1n) is 9.01. The maximum Gasteiger partial charge on any atom is 0.302 e. The van der Waals surface area contributed by atoms with Crippen LogP contribution in [0.5, 0.6) is 5.75 Å². The third kappa shape index (κ3) is 3.48. The van der Waals surface area contributed by atoms with Crippen molar-refractivity contribution in [3.05, 3.63) is 35.4 Å². The molecule has 2 aliphatic rings. The highest BCUT2D eigenvalue weighted by Gasteiger charge is 2.47. The van der Waals surface area contributed by atoms with Crippen LogP contribution in [0.1, 0.15) is 57.1 Å².